The topological polar surface area (TPSA) is 24.7 Å². The highest BCUT2D eigenvalue weighted by Gasteiger charge is 2.10. The summed E-state index contributed by atoms with van der Waals surface area (Å²) in [6.07, 6.45) is 5.76. The Bertz CT molecular complexity index is 507. The summed E-state index contributed by atoms with van der Waals surface area (Å²) in [5, 5.41) is 0. The molecule has 1 atom stereocenters. The van der Waals surface area contributed by atoms with Crippen molar-refractivity contribution in [3.63, 3.8) is 0 Å². The molecular weight excluding hydrogens is 258 g/mol. The van der Waals surface area contributed by atoms with Gasteiger partial charge < -0.3 is 0 Å². The molecule has 0 aliphatic rings. The van der Waals surface area contributed by atoms with Gasteiger partial charge in [-0.3, -0.25) is 4.99 Å². The van der Waals surface area contributed by atoms with Crippen LogP contribution in [0.2, 0.25) is 0 Å². The molecule has 0 saturated heterocycles. The number of nitrogens with zero attached hydrogens (tertiary/aromatic N) is 2. The van der Waals surface area contributed by atoms with Gasteiger partial charge in [0.05, 0.1) is 0 Å². The van der Waals surface area contributed by atoms with Crippen molar-refractivity contribution in [1.29, 1.82) is 0 Å². The number of benzene rings is 1. The van der Waals surface area contributed by atoms with Gasteiger partial charge in [0.1, 0.15) is 18.0 Å². The van der Waals surface area contributed by atoms with Crippen LogP contribution in [0.3, 0.4) is 0 Å². The van der Waals surface area contributed by atoms with E-state index in [-0.39, 0.29) is 0 Å². The second-order valence-electron chi connectivity index (χ2n) is 4.82. The highest BCUT2D eigenvalue weighted by atomic mass is 19.1. The Labute approximate surface area is 119 Å². The molecule has 0 bridgehead atoms. The van der Waals surface area contributed by atoms with E-state index < -0.39 is 11.6 Å². The third-order valence-corrected chi connectivity index (χ3v) is 2.98. The lowest BCUT2D eigenvalue weighted by Gasteiger charge is -2.13. The van der Waals surface area contributed by atoms with Crippen molar-refractivity contribution in [2.45, 2.75) is 26.2 Å². The summed E-state index contributed by atoms with van der Waals surface area (Å²) in [5.41, 5.74) is 1.09. The normalized spacial score (nSPS) is 13.2. The molecule has 1 rings (SSSR count). The predicted octanol–water partition coefficient (Wildman–Crippen LogP) is 4.51. The maximum absolute atomic E-state index is 13.6. The lowest BCUT2D eigenvalue weighted by Crippen LogP contribution is -1.99. The summed E-state index contributed by atoms with van der Waals surface area (Å²) in [5.74, 6) is -0.763. The predicted molar refractivity (Wildman–Crippen MR) is 81.3 cm³/mol. The summed E-state index contributed by atoms with van der Waals surface area (Å²) in [7, 11) is 1.67. The molecule has 108 valence electrons. The van der Waals surface area contributed by atoms with E-state index in [9.17, 15) is 8.78 Å². The lowest BCUT2D eigenvalue weighted by atomic mass is 9.93. The molecule has 0 fully saturated rings. The average molecular weight is 278 g/mol. The third-order valence-electron chi connectivity index (χ3n) is 2.98. The van der Waals surface area contributed by atoms with E-state index in [1.54, 1.807) is 7.05 Å². The molecule has 1 unspecified atom stereocenters. The highest BCUT2D eigenvalue weighted by molar-refractivity contribution is 5.72. The van der Waals surface area contributed by atoms with Gasteiger partial charge in [0.2, 0.25) is 0 Å². The van der Waals surface area contributed by atoms with Crippen LogP contribution in [0.4, 0.5) is 8.78 Å². The first-order valence-corrected chi connectivity index (χ1v) is 6.60. The fraction of sp³-hybridized carbons (Fsp3) is 0.375. The minimum atomic E-state index is -0.569. The summed E-state index contributed by atoms with van der Waals surface area (Å²) in [6.45, 7) is 5.97. The van der Waals surface area contributed by atoms with Gasteiger partial charge in [0, 0.05) is 24.9 Å². The fourth-order valence-corrected chi connectivity index (χ4v) is 1.96. The van der Waals surface area contributed by atoms with Crippen LogP contribution < -0.4 is 0 Å². The first-order valence-electron chi connectivity index (χ1n) is 6.60. The van der Waals surface area contributed by atoms with Gasteiger partial charge in [-0.2, -0.15) is 0 Å². The van der Waals surface area contributed by atoms with E-state index in [4.69, 9.17) is 0 Å². The molecule has 0 heterocycles. The van der Waals surface area contributed by atoms with Gasteiger partial charge in [-0.25, -0.2) is 13.8 Å². The SMILES string of the molecule is C=C(CC(C)CCC=NC=NC)c1ccc(F)cc1F. The standard InChI is InChI=1S/C16H20F2N2/c1-12(5-4-8-20-11-19-3)9-13(2)15-7-6-14(17)10-16(15)18/h6-8,10-12H,2,4-5,9H2,1,3H3. The molecule has 0 aromatic heterocycles. The van der Waals surface area contributed by atoms with Crippen LogP contribution in [0.25, 0.3) is 5.57 Å². The van der Waals surface area contributed by atoms with Crippen LogP contribution in [-0.2, 0) is 0 Å². The van der Waals surface area contributed by atoms with Crippen LogP contribution in [0.5, 0.6) is 0 Å². The molecule has 0 amide bonds. The first-order chi connectivity index (χ1) is 9.54. The van der Waals surface area contributed by atoms with Crippen molar-refractivity contribution in [2.75, 3.05) is 7.05 Å². The molecule has 0 N–H and O–H groups in total. The molecule has 0 aliphatic carbocycles. The molecule has 2 nitrogen and oxygen atoms in total. The zero-order valence-corrected chi connectivity index (χ0v) is 11.9. The van der Waals surface area contributed by atoms with Gasteiger partial charge in [-0.05, 0) is 42.9 Å². The molecule has 1 aromatic rings. The van der Waals surface area contributed by atoms with Crippen LogP contribution in [0.15, 0.2) is 34.8 Å². The zero-order valence-electron chi connectivity index (χ0n) is 11.9. The molecular formula is C16H20F2N2. The maximum Gasteiger partial charge on any atom is 0.133 e. The van der Waals surface area contributed by atoms with Crippen LogP contribution >= 0.6 is 0 Å². The van der Waals surface area contributed by atoms with Crippen molar-refractivity contribution in [3.05, 3.63) is 42.0 Å². The molecule has 4 heteroatoms. The van der Waals surface area contributed by atoms with Crippen LogP contribution in [-0.4, -0.2) is 19.6 Å². The van der Waals surface area contributed by atoms with Crippen molar-refractivity contribution >= 4 is 18.1 Å². The van der Waals surface area contributed by atoms with Crippen molar-refractivity contribution in [1.82, 2.24) is 0 Å². The van der Waals surface area contributed by atoms with E-state index in [2.05, 4.69) is 23.5 Å². The van der Waals surface area contributed by atoms with E-state index in [0.717, 1.165) is 18.9 Å². The lowest BCUT2D eigenvalue weighted by molar-refractivity contribution is 0.556. The van der Waals surface area contributed by atoms with E-state index in [1.165, 1.54) is 18.5 Å². The Hall–Kier alpha value is -1.84. The van der Waals surface area contributed by atoms with Crippen LogP contribution in [0.1, 0.15) is 31.7 Å². The monoisotopic (exact) mass is 278 g/mol. The Morgan fingerprint density at radius 2 is 2.15 bits per heavy atom. The largest absolute Gasteiger partial charge is 0.277 e. The summed E-state index contributed by atoms with van der Waals surface area (Å²) >= 11 is 0. The van der Waals surface area contributed by atoms with Crippen molar-refractivity contribution < 1.29 is 8.78 Å². The quantitative estimate of drug-likeness (QED) is 0.518. The van der Waals surface area contributed by atoms with Gasteiger partial charge in [0.25, 0.3) is 0 Å². The van der Waals surface area contributed by atoms with E-state index in [0.29, 0.717) is 23.5 Å². The highest BCUT2D eigenvalue weighted by Crippen LogP contribution is 2.25. The summed E-state index contributed by atoms with van der Waals surface area (Å²) in [4.78, 5) is 7.73. The Morgan fingerprint density at radius 3 is 2.80 bits per heavy atom. The van der Waals surface area contributed by atoms with Gasteiger partial charge in [-0.15, -0.1) is 0 Å². The number of aliphatic imine (C=N–C) groups is 2. The fourth-order valence-electron chi connectivity index (χ4n) is 1.96. The third kappa shape index (κ3) is 5.43. The van der Waals surface area contributed by atoms with E-state index >= 15 is 0 Å². The number of hydrogen-bond donors (Lipinski definition) is 0. The number of rotatable bonds is 7. The summed E-state index contributed by atoms with van der Waals surface area (Å²) in [6, 6.07) is 3.59. The Kier molecular flexibility index (Phi) is 6.77. The molecule has 0 spiro atoms. The van der Waals surface area contributed by atoms with Crippen LogP contribution in [0, 0.1) is 17.6 Å². The minimum Gasteiger partial charge on any atom is -0.277 e. The van der Waals surface area contributed by atoms with Gasteiger partial charge in [-0.1, -0.05) is 13.5 Å². The number of halogens is 2. The molecule has 0 aliphatic heterocycles. The molecule has 0 radical (unpaired) electrons. The van der Waals surface area contributed by atoms with Crippen molar-refractivity contribution in [2.24, 2.45) is 15.9 Å². The average Bonchev–Trinajstić information content (AvgIpc) is 2.38. The molecule has 1 aromatic carbocycles. The second-order valence-corrected chi connectivity index (χ2v) is 4.82. The number of allylic oxidation sites excluding steroid dienone is 1. The first kappa shape index (κ1) is 16.2. The Morgan fingerprint density at radius 1 is 1.40 bits per heavy atom. The molecule has 0 saturated carbocycles. The van der Waals surface area contributed by atoms with E-state index in [1.807, 2.05) is 6.21 Å². The summed E-state index contributed by atoms with van der Waals surface area (Å²) < 4.78 is 26.5. The number of hydrogen-bond acceptors (Lipinski definition) is 1. The van der Waals surface area contributed by atoms with Crippen molar-refractivity contribution in [3.8, 4) is 0 Å². The smallest absolute Gasteiger partial charge is 0.133 e. The van der Waals surface area contributed by atoms with Gasteiger partial charge in [0.15, 0.2) is 0 Å². The zero-order chi connectivity index (χ0) is 15.0. The second kappa shape index (κ2) is 8.35. The minimum absolute atomic E-state index is 0.358. The van der Waals surface area contributed by atoms with Gasteiger partial charge >= 0.3 is 0 Å². The Balaban J connectivity index is 2.49. The maximum atomic E-state index is 13.6. The molecule has 20 heavy (non-hydrogen) atoms.